The standard InChI is InChI=1S/C24H18ClFN2O5S/c25-20-7-2-6-18-23(27-14-28-24(18)20)19-13-16(9-10-21(19)26)33-15-4-1-5-17(12-15)34(31,32)11-3-8-22(29)30/h1-2,4-7,9-10,12-14H,3,8,11H2,(H,29,30). The third-order valence-corrected chi connectivity index (χ3v) is 7.12. The molecule has 0 aliphatic carbocycles. The van der Waals surface area contributed by atoms with Crippen molar-refractivity contribution >= 4 is 38.3 Å². The molecule has 7 nitrogen and oxygen atoms in total. The smallest absolute Gasteiger partial charge is 0.303 e. The van der Waals surface area contributed by atoms with Crippen LogP contribution in [0.25, 0.3) is 22.2 Å². The number of ether oxygens (including phenoxy) is 1. The molecule has 4 rings (SSSR count). The van der Waals surface area contributed by atoms with Gasteiger partial charge in [-0.05, 0) is 48.9 Å². The van der Waals surface area contributed by atoms with Crippen molar-refractivity contribution in [3.05, 3.63) is 77.8 Å². The zero-order chi connectivity index (χ0) is 24.3. The summed E-state index contributed by atoms with van der Waals surface area (Å²) in [7, 11) is -3.69. The van der Waals surface area contributed by atoms with Crippen molar-refractivity contribution in [2.75, 3.05) is 5.75 Å². The quantitative estimate of drug-likeness (QED) is 0.339. The molecular formula is C24H18ClFN2O5S. The third-order valence-electron chi connectivity index (χ3n) is 5.01. The van der Waals surface area contributed by atoms with Crippen LogP contribution in [0.1, 0.15) is 12.8 Å². The van der Waals surface area contributed by atoms with E-state index in [4.69, 9.17) is 21.4 Å². The molecule has 0 bridgehead atoms. The lowest BCUT2D eigenvalue weighted by atomic mass is 10.1. The molecule has 0 aliphatic rings. The van der Waals surface area contributed by atoms with Crippen LogP contribution in [0, 0.1) is 5.82 Å². The molecule has 3 aromatic carbocycles. The number of hydrogen-bond donors (Lipinski definition) is 1. The first-order valence-corrected chi connectivity index (χ1v) is 12.2. The van der Waals surface area contributed by atoms with Crippen LogP contribution in [0.2, 0.25) is 5.02 Å². The van der Waals surface area contributed by atoms with Crippen LogP contribution in [0.5, 0.6) is 11.5 Å². The number of rotatable bonds is 8. The molecule has 0 fully saturated rings. The zero-order valence-electron chi connectivity index (χ0n) is 17.6. The number of para-hydroxylation sites is 1. The van der Waals surface area contributed by atoms with E-state index < -0.39 is 21.6 Å². The average Bonchev–Trinajstić information content (AvgIpc) is 2.80. The number of halogens is 2. The Morgan fingerprint density at radius 3 is 2.59 bits per heavy atom. The Morgan fingerprint density at radius 2 is 1.79 bits per heavy atom. The molecule has 34 heavy (non-hydrogen) atoms. The van der Waals surface area contributed by atoms with Crippen LogP contribution in [0.15, 0.2) is 71.9 Å². The van der Waals surface area contributed by atoms with Gasteiger partial charge < -0.3 is 9.84 Å². The molecule has 0 radical (unpaired) electrons. The van der Waals surface area contributed by atoms with Crippen molar-refractivity contribution in [2.24, 2.45) is 0 Å². The number of benzene rings is 3. The molecule has 4 aromatic rings. The van der Waals surface area contributed by atoms with Gasteiger partial charge >= 0.3 is 5.97 Å². The Kier molecular flexibility index (Phi) is 6.76. The Bertz CT molecular complexity index is 1490. The van der Waals surface area contributed by atoms with Crippen molar-refractivity contribution in [3.63, 3.8) is 0 Å². The van der Waals surface area contributed by atoms with Crippen LogP contribution < -0.4 is 4.74 Å². The van der Waals surface area contributed by atoms with Crippen molar-refractivity contribution in [1.29, 1.82) is 0 Å². The first kappa shape index (κ1) is 23.6. The van der Waals surface area contributed by atoms with Crippen LogP contribution in [0.4, 0.5) is 4.39 Å². The van der Waals surface area contributed by atoms with Gasteiger partial charge in [-0.1, -0.05) is 29.8 Å². The first-order valence-electron chi connectivity index (χ1n) is 10.2. The van der Waals surface area contributed by atoms with E-state index in [1.807, 2.05) is 0 Å². The molecule has 0 atom stereocenters. The highest BCUT2D eigenvalue weighted by molar-refractivity contribution is 7.91. The molecule has 0 aliphatic heterocycles. The topological polar surface area (TPSA) is 106 Å². The SMILES string of the molecule is O=C(O)CCCS(=O)(=O)c1cccc(Oc2ccc(F)c(-c3ncnc4c(Cl)cccc34)c2)c1. The lowest BCUT2D eigenvalue weighted by Crippen LogP contribution is -2.08. The Morgan fingerprint density at radius 1 is 1.03 bits per heavy atom. The van der Waals surface area contributed by atoms with Gasteiger partial charge in [-0.25, -0.2) is 22.8 Å². The van der Waals surface area contributed by atoms with Crippen molar-refractivity contribution in [1.82, 2.24) is 9.97 Å². The summed E-state index contributed by atoms with van der Waals surface area (Å²) in [6.45, 7) is 0. The van der Waals surface area contributed by atoms with Gasteiger partial charge in [-0.15, -0.1) is 0 Å². The molecule has 0 unspecified atom stereocenters. The third kappa shape index (κ3) is 5.16. The number of aromatic nitrogens is 2. The molecule has 1 N–H and O–H groups in total. The summed E-state index contributed by atoms with van der Waals surface area (Å²) in [5.41, 5.74) is 0.996. The number of carboxylic acids is 1. The molecule has 0 saturated carbocycles. The minimum absolute atomic E-state index is 0.000971. The molecule has 0 spiro atoms. The summed E-state index contributed by atoms with van der Waals surface area (Å²) < 4.78 is 45.6. The predicted molar refractivity (Wildman–Crippen MR) is 125 cm³/mol. The predicted octanol–water partition coefficient (Wildman–Crippen LogP) is 5.52. The number of hydrogen-bond acceptors (Lipinski definition) is 6. The van der Waals surface area contributed by atoms with Crippen molar-refractivity contribution in [3.8, 4) is 22.8 Å². The highest BCUT2D eigenvalue weighted by atomic mass is 35.5. The number of nitrogens with zero attached hydrogens (tertiary/aromatic N) is 2. The Hall–Kier alpha value is -3.56. The fraction of sp³-hybridized carbons (Fsp3) is 0.125. The van der Waals surface area contributed by atoms with E-state index in [9.17, 15) is 17.6 Å². The number of carbonyl (C=O) groups is 1. The average molecular weight is 501 g/mol. The second kappa shape index (κ2) is 9.74. The van der Waals surface area contributed by atoms with E-state index in [1.165, 1.54) is 42.7 Å². The van der Waals surface area contributed by atoms with Gasteiger partial charge in [0.15, 0.2) is 9.84 Å². The maximum Gasteiger partial charge on any atom is 0.303 e. The summed E-state index contributed by atoms with van der Waals surface area (Å²) in [5, 5.41) is 9.71. The van der Waals surface area contributed by atoms with Gasteiger partial charge in [0.2, 0.25) is 0 Å². The summed E-state index contributed by atoms with van der Waals surface area (Å²) >= 11 is 6.21. The van der Waals surface area contributed by atoms with Gasteiger partial charge in [0.25, 0.3) is 0 Å². The zero-order valence-corrected chi connectivity index (χ0v) is 19.2. The van der Waals surface area contributed by atoms with E-state index in [0.29, 0.717) is 21.6 Å². The summed E-state index contributed by atoms with van der Waals surface area (Å²) in [4.78, 5) is 19.1. The van der Waals surface area contributed by atoms with E-state index in [-0.39, 0.29) is 40.6 Å². The molecule has 0 saturated heterocycles. The Labute approximate surface area is 199 Å². The van der Waals surface area contributed by atoms with Gasteiger partial charge in [0.05, 0.1) is 26.9 Å². The van der Waals surface area contributed by atoms with Gasteiger partial charge in [0.1, 0.15) is 23.6 Å². The fourth-order valence-electron chi connectivity index (χ4n) is 3.41. The summed E-state index contributed by atoms with van der Waals surface area (Å²) in [5.74, 6) is -1.38. The summed E-state index contributed by atoms with van der Waals surface area (Å²) in [6, 6.07) is 15.1. The van der Waals surface area contributed by atoms with Crippen molar-refractivity contribution < 1.29 is 27.4 Å². The van der Waals surface area contributed by atoms with E-state index in [1.54, 1.807) is 24.3 Å². The van der Waals surface area contributed by atoms with Crippen molar-refractivity contribution in [2.45, 2.75) is 17.7 Å². The largest absolute Gasteiger partial charge is 0.481 e. The highest BCUT2D eigenvalue weighted by Crippen LogP contribution is 2.34. The molecule has 10 heteroatoms. The maximum absolute atomic E-state index is 14.7. The van der Waals surface area contributed by atoms with Crippen LogP contribution in [-0.4, -0.2) is 35.2 Å². The molecular weight excluding hydrogens is 483 g/mol. The number of aliphatic carboxylic acids is 1. The molecule has 174 valence electrons. The number of carboxylic acid groups (broad SMARTS) is 1. The van der Waals surface area contributed by atoms with Crippen LogP contribution in [0.3, 0.4) is 0 Å². The molecule has 0 amide bonds. The minimum Gasteiger partial charge on any atom is -0.481 e. The highest BCUT2D eigenvalue weighted by Gasteiger charge is 2.17. The minimum atomic E-state index is -3.69. The van der Waals surface area contributed by atoms with E-state index in [0.717, 1.165) is 0 Å². The summed E-state index contributed by atoms with van der Waals surface area (Å²) in [6.07, 6.45) is 1.06. The molecule has 1 aromatic heterocycles. The number of sulfone groups is 1. The van der Waals surface area contributed by atoms with Crippen LogP contribution >= 0.6 is 11.6 Å². The van der Waals surface area contributed by atoms with Gasteiger partial charge in [-0.3, -0.25) is 4.79 Å². The monoisotopic (exact) mass is 500 g/mol. The first-order chi connectivity index (χ1) is 16.2. The van der Waals surface area contributed by atoms with E-state index >= 15 is 0 Å². The maximum atomic E-state index is 14.7. The van der Waals surface area contributed by atoms with Gasteiger partial charge in [-0.2, -0.15) is 0 Å². The fourth-order valence-corrected chi connectivity index (χ4v) is 4.98. The molecule has 1 heterocycles. The second-order valence-electron chi connectivity index (χ2n) is 7.39. The van der Waals surface area contributed by atoms with E-state index in [2.05, 4.69) is 9.97 Å². The normalized spacial score (nSPS) is 11.5. The van der Waals surface area contributed by atoms with Crippen LogP contribution in [-0.2, 0) is 14.6 Å². The lowest BCUT2D eigenvalue weighted by Gasteiger charge is -2.11. The number of fused-ring (bicyclic) bond motifs is 1. The van der Waals surface area contributed by atoms with Gasteiger partial charge in [0, 0.05) is 17.4 Å². The Balaban J connectivity index is 1.64. The lowest BCUT2D eigenvalue weighted by molar-refractivity contribution is -0.137. The second-order valence-corrected chi connectivity index (χ2v) is 9.91.